The SMILES string of the molecule is CC(C)c1c(NN)ncnc1Nc1ccn(C)n1. The van der Waals surface area contributed by atoms with Gasteiger partial charge in [-0.05, 0) is 5.92 Å². The van der Waals surface area contributed by atoms with E-state index in [0.717, 1.165) is 11.4 Å². The van der Waals surface area contributed by atoms with Gasteiger partial charge >= 0.3 is 0 Å². The number of aromatic nitrogens is 4. The molecule has 0 saturated carbocycles. The van der Waals surface area contributed by atoms with Crippen LogP contribution in [-0.2, 0) is 7.05 Å². The molecule has 7 heteroatoms. The van der Waals surface area contributed by atoms with Gasteiger partial charge in [0.1, 0.15) is 18.0 Å². The maximum Gasteiger partial charge on any atom is 0.153 e. The van der Waals surface area contributed by atoms with Gasteiger partial charge in [0.25, 0.3) is 0 Å². The Morgan fingerprint density at radius 3 is 2.56 bits per heavy atom. The summed E-state index contributed by atoms with van der Waals surface area (Å²) >= 11 is 0. The molecule has 7 nitrogen and oxygen atoms in total. The molecule has 0 bridgehead atoms. The number of nitrogens with zero attached hydrogens (tertiary/aromatic N) is 4. The third-order valence-electron chi connectivity index (χ3n) is 2.56. The van der Waals surface area contributed by atoms with E-state index < -0.39 is 0 Å². The Labute approximate surface area is 105 Å². The molecule has 2 rings (SSSR count). The van der Waals surface area contributed by atoms with E-state index >= 15 is 0 Å². The highest BCUT2D eigenvalue weighted by Crippen LogP contribution is 2.29. The molecule has 2 heterocycles. The van der Waals surface area contributed by atoms with Crippen LogP contribution in [0.15, 0.2) is 18.6 Å². The van der Waals surface area contributed by atoms with Crippen molar-refractivity contribution in [3.8, 4) is 0 Å². The highest BCUT2D eigenvalue weighted by atomic mass is 15.3. The van der Waals surface area contributed by atoms with Gasteiger partial charge in [0.2, 0.25) is 0 Å². The van der Waals surface area contributed by atoms with E-state index in [1.54, 1.807) is 4.68 Å². The van der Waals surface area contributed by atoms with E-state index in [-0.39, 0.29) is 5.92 Å². The first-order valence-corrected chi connectivity index (χ1v) is 5.70. The van der Waals surface area contributed by atoms with E-state index in [1.807, 2.05) is 19.3 Å². The van der Waals surface area contributed by atoms with Crippen molar-refractivity contribution in [2.45, 2.75) is 19.8 Å². The first kappa shape index (κ1) is 12.3. The van der Waals surface area contributed by atoms with E-state index in [2.05, 4.69) is 39.7 Å². The van der Waals surface area contributed by atoms with Crippen LogP contribution in [0.2, 0.25) is 0 Å². The minimum atomic E-state index is 0.239. The molecule has 0 aliphatic heterocycles. The average Bonchev–Trinajstić information content (AvgIpc) is 2.74. The molecule has 0 fully saturated rings. The summed E-state index contributed by atoms with van der Waals surface area (Å²) in [5, 5.41) is 7.43. The minimum Gasteiger partial charge on any atom is -0.323 e. The Morgan fingerprint density at radius 1 is 1.28 bits per heavy atom. The van der Waals surface area contributed by atoms with Crippen LogP contribution >= 0.6 is 0 Å². The summed E-state index contributed by atoms with van der Waals surface area (Å²) in [6.45, 7) is 4.12. The molecule has 0 unspecified atom stereocenters. The second-order valence-electron chi connectivity index (χ2n) is 4.28. The molecule has 18 heavy (non-hydrogen) atoms. The third-order valence-corrected chi connectivity index (χ3v) is 2.56. The fourth-order valence-corrected chi connectivity index (χ4v) is 1.76. The quantitative estimate of drug-likeness (QED) is 0.558. The van der Waals surface area contributed by atoms with Crippen molar-refractivity contribution < 1.29 is 0 Å². The molecule has 2 aromatic rings. The highest BCUT2D eigenvalue weighted by molar-refractivity contribution is 5.63. The fourth-order valence-electron chi connectivity index (χ4n) is 1.76. The van der Waals surface area contributed by atoms with Gasteiger partial charge in [0, 0.05) is 24.9 Å². The first-order valence-electron chi connectivity index (χ1n) is 5.70. The number of nitrogen functional groups attached to an aromatic ring is 1. The van der Waals surface area contributed by atoms with Crippen molar-refractivity contribution in [3.63, 3.8) is 0 Å². The predicted molar refractivity (Wildman–Crippen MR) is 70.4 cm³/mol. The highest BCUT2D eigenvalue weighted by Gasteiger charge is 2.15. The van der Waals surface area contributed by atoms with E-state index in [0.29, 0.717) is 11.6 Å². The van der Waals surface area contributed by atoms with Crippen LogP contribution in [0.4, 0.5) is 17.5 Å². The zero-order valence-electron chi connectivity index (χ0n) is 10.7. The molecule has 0 radical (unpaired) electrons. The van der Waals surface area contributed by atoms with E-state index in [4.69, 9.17) is 5.84 Å². The Balaban J connectivity index is 2.37. The number of nitrogens with one attached hydrogen (secondary N) is 2. The van der Waals surface area contributed by atoms with Gasteiger partial charge in [0.15, 0.2) is 5.82 Å². The summed E-state index contributed by atoms with van der Waals surface area (Å²) in [7, 11) is 1.86. The van der Waals surface area contributed by atoms with Gasteiger partial charge in [-0.15, -0.1) is 0 Å². The molecule has 0 aromatic carbocycles. The Bertz CT molecular complexity index is 532. The summed E-state index contributed by atoms with van der Waals surface area (Å²) in [6, 6.07) is 1.88. The largest absolute Gasteiger partial charge is 0.323 e. The Morgan fingerprint density at radius 2 is 2.00 bits per heavy atom. The summed E-state index contributed by atoms with van der Waals surface area (Å²) in [5.41, 5.74) is 3.53. The summed E-state index contributed by atoms with van der Waals surface area (Å²) < 4.78 is 1.72. The minimum absolute atomic E-state index is 0.239. The van der Waals surface area contributed by atoms with Crippen LogP contribution in [0, 0.1) is 0 Å². The van der Waals surface area contributed by atoms with Crippen molar-refractivity contribution in [1.29, 1.82) is 0 Å². The smallest absolute Gasteiger partial charge is 0.153 e. The second kappa shape index (κ2) is 5.01. The topological polar surface area (TPSA) is 93.7 Å². The lowest BCUT2D eigenvalue weighted by atomic mass is 10.0. The van der Waals surface area contributed by atoms with Crippen LogP contribution < -0.4 is 16.6 Å². The third kappa shape index (κ3) is 2.40. The maximum absolute atomic E-state index is 5.47. The lowest BCUT2D eigenvalue weighted by Gasteiger charge is -2.15. The second-order valence-corrected chi connectivity index (χ2v) is 4.28. The van der Waals surface area contributed by atoms with E-state index in [9.17, 15) is 0 Å². The lowest BCUT2D eigenvalue weighted by Crippen LogP contribution is -2.14. The zero-order chi connectivity index (χ0) is 13.1. The fraction of sp³-hybridized carbons (Fsp3) is 0.364. The number of anilines is 3. The maximum atomic E-state index is 5.47. The van der Waals surface area contributed by atoms with Gasteiger partial charge in [-0.2, -0.15) is 5.10 Å². The van der Waals surface area contributed by atoms with Crippen LogP contribution in [-0.4, -0.2) is 19.7 Å². The predicted octanol–water partition coefficient (Wildman–Crippen LogP) is 1.36. The van der Waals surface area contributed by atoms with Gasteiger partial charge in [-0.25, -0.2) is 15.8 Å². The van der Waals surface area contributed by atoms with Crippen molar-refractivity contribution in [2.75, 3.05) is 10.7 Å². The van der Waals surface area contributed by atoms with Crippen LogP contribution in [0.1, 0.15) is 25.3 Å². The number of hydrazine groups is 1. The van der Waals surface area contributed by atoms with Crippen LogP contribution in [0.25, 0.3) is 0 Å². The summed E-state index contributed by atoms with van der Waals surface area (Å²) in [4.78, 5) is 8.36. The van der Waals surface area contributed by atoms with Crippen LogP contribution in [0.5, 0.6) is 0 Å². The normalized spacial score (nSPS) is 10.7. The van der Waals surface area contributed by atoms with Crippen molar-refractivity contribution in [3.05, 3.63) is 24.2 Å². The number of hydrogen-bond donors (Lipinski definition) is 3. The molecular formula is C11H17N7. The Hall–Kier alpha value is -2.15. The standard InChI is InChI=1S/C11H17N7/c1-7(2)9-10(13-6-14-11(9)16-12)15-8-4-5-18(3)17-8/h4-7H,12H2,1-3H3,(H2,13,14,15,16,17). The summed E-state index contributed by atoms with van der Waals surface area (Å²) in [5.74, 6) is 7.78. The molecule has 96 valence electrons. The van der Waals surface area contributed by atoms with Crippen LogP contribution in [0.3, 0.4) is 0 Å². The molecule has 0 aliphatic rings. The number of nitrogens with two attached hydrogens (primary N) is 1. The Kier molecular flexibility index (Phi) is 3.42. The van der Waals surface area contributed by atoms with Gasteiger partial charge in [-0.3, -0.25) is 4.68 Å². The molecule has 0 atom stereocenters. The average molecular weight is 247 g/mol. The lowest BCUT2D eigenvalue weighted by molar-refractivity contribution is 0.770. The van der Waals surface area contributed by atoms with Gasteiger partial charge in [0.05, 0.1) is 0 Å². The first-order chi connectivity index (χ1) is 8.61. The molecule has 0 aliphatic carbocycles. The molecule has 0 saturated heterocycles. The van der Waals surface area contributed by atoms with Gasteiger partial charge < -0.3 is 10.7 Å². The van der Waals surface area contributed by atoms with E-state index in [1.165, 1.54) is 6.33 Å². The van der Waals surface area contributed by atoms with Crippen molar-refractivity contribution in [2.24, 2.45) is 12.9 Å². The zero-order valence-corrected chi connectivity index (χ0v) is 10.7. The molecule has 0 amide bonds. The van der Waals surface area contributed by atoms with Crippen molar-refractivity contribution >= 4 is 17.5 Å². The molecular weight excluding hydrogens is 230 g/mol. The number of aryl methyl sites for hydroxylation is 1. The number of hydrogen-bond acceptors (Lipinski definition) is 6. The number of rotatable bonds is 4. The summed E-state index contributed by atoms with van der Waals surface area (Å²) in [6.07, 6.45) is 3.33. The van der Waals surface area contributed by atoms with Crippen molar-refractivity contribution in [1.82, 2.24) is 19.7 Å². The molecule has 2 aromatic heterocycles. The van der Waals surface area contributed by atoms with Gasteiger partial charge in [-0.1, -0.05) is 13.8 Å². The molecule has 0 spiro atoms. The molecule has 4 N–H and O–H groups in total. The monoisotopic (exact) mass is 247 g/mol.